The number of aryl methyl sites for hydroxylation is 2. The SMILES string of the molecule is CCc1nnc(C)cc1C(=O)N(CC)CC(C)C(=O)O. The Hall–Kier alpha value is -1.98. The standard InChI is InChI=1S/C14H21N3O3/c1-5-12-11(7-10(4)15-16-12)13(18)17(6-2)8-9(3)14(19)20/h7,9H,5-6,8H2,1-4H3,(H,19,20). The van der Waals surface area contributed by atoms with E-state index in [9.17, 15) is 9.59 Å². The Morgan fingerprint density at radius 3 is 2.50 bits per heavy atom. The molecule has 1 rings (SSSR count). The van der Waals surface area contributed by atoms with E-state index in [-0.39, 0.29) is 12.5 Å². The van der Waals surface area contributed by atoms with Gasteiger partial charge in [0, 0.05) is 13.1 Å². The van der Waals surface area contributed by atoms with Crippen LogP contribution in [0.5, 0.6) is 0 Å². The molecule has 1 aromatic heterocycles. The smallest absolute Gasteiger partial charge is 0.308 e. The van der Waals surface area contributed by atoms with Crippen molar-refractivity contribution in [3.05, 3.63) is 23.0 Å². The number of hydrogen-bond acceptors (Lipinski definition) is 4. The Balaban J connectivity index is 3.02. The minimum atomic E-state index is -0.906. The van der Waals surface area contributed by atoms with Gasteiger partial charge in [0.15, 0.2) is 0 Å². The molecule has 0 radical (unpaired) electrons. The van der Waals surface area contributed by atoms with Crippen molar-refractivity contribution in [2.24, 2.45) is 5.92 Å². The molecule has 1 unspecified atom stereocenters. The van der Waals surface area contributed by atoms with Gasteiger partial charge in [-0.05, 0) is 26.3 Å². The quantitative estimate of drug-likeness (QED) is 0.853. The third-order valence-electron chi connectivity index (χ3n) is 3.14. The van der Waals surface area contributed by atoms with Crippen LogP contribution in [0.15, 0.2) is 6.07 Å². The van der Waals surface area contributed by atoms with Crippen LogP contribution in [0.3, 0.4) is 0 Å². The number of hydrogen-bond donors (Lipinski definition) is 1. The first-order chi connectivity index (χ1) is 9.40. The van der Waals surface area contributed by atoms with Crippen molar-refractivity contribution in [1.29, 1.82) is 0 Å². The third kappa shape index (κ3) is 3.76. The van der Waals surface area contributed by atoms with E-state index in [0.717, 1.165) is 0 Å². The minimum absolute atomic E-state index is 0.185. The summed E-state index contributed by atoms with van der Waals surface area (Å²) in [4.78, 5) is 25.0. The van der Waals surface area contributed by atoms with Crippen LogP contribution in [0.4, 0.5) is 0 Å². The van der Waals surface area contributed by atoms with Gasteiger partial charge in [-0.3, -0.25) is 9.59 Å². The first kappa shape index (κ1) is 16.1. The maximum atomic E-state index is 12.5. The van der Waals surface area contributed by atoms with Crippen LogP contribution in [-0.4, -0.2) is 45.2 Å². The van der Waals surface area contributed by atoms with Crippen LogP contribution in [0.25, 0.3) is 0 Å². The summed E-state index contributed by atoms with van der Waals surface area (Å²) in [6.45, 7) is 7.76. The highest BCUT2D eigenvalue weighted by Gasteiger charge is 2.22. The molecule has 0 bridgehead atoms. The number of rotatable bonds is 6. The normalized spacial score (nSPS) is 12.0. The highest BCUT2D eigenvalue weighted by Crippen LogP contribution is 2.12. The lowest BCUT2D eigenvalue weighted by Gasteiger charge is -2.23. The molecule has 1 heterocycles. The van der Waals surface area contributed by atoms with Crippen molar-refractivity contribution in [2.75, 3.05) is 13.1 Å². The topological polar surface area (TPSA) is 83.4 Å². The number of aromatic nitrogens is 2. The molecular formula is C14H21N3O3. The van der Waals surface area contributed by atoms with E-state index in [1.54, 1.807) is 19.9 Å². The molecule has 0 aliphatic carbocycles. The molecule has 0 saturated heterocycles. The molecule has 1 atom stereocenters. The summed E-state index contributed by atoms with van der Waals surface area (Å²) in [7, 11) is 0. The molecular weight excluding hydrogens is 258 g/mol. The first-order valence-corrected chi connectivity index (χ1v) is 6.75. The molecule has 1 N–H and O–H groups in total. The Bertz CT molecular complexity index is 502. The summed E-state index contributed by atoms with van der Waals surface area (Å²) < 4.78 is 0. The molecule has 0 aromatic carbocycles. The highest BCUT2D eigenvalue weighted by atomic mass is 16.4. The van der Waals surface area contributed by atoms with Gasteiger partial charge in [-0.15, -0.1) is 0 Å². The summed E-state index contributed by atoms with van der Waals surface area (Å²) in [6, 6.07) is 1.71. The molecule has 0 fully saturated rings. The average molecular weight is 279 g/mol. The van der Waals surface area contributed by atoms with Gasteiger partial charge < -0.3 is 10.0 Å². The van der Waals surface area contributed by atoms with Crippen LogP contribution >= 0.6 is 0 Å². The van der Waals surface area contributed by atoms with Crippen LogP contribution in [0.1, 0.15) is 42.5 Å². The monoisotopic (exact) mass is 279 g/mol. The van der Waals surface area contributed by atoms with E-state index >= 15 is 0 Å². The lowest BCUT2D eigenvalue weighted by Crippen LogP contribution is -2.37. The maximum Gasteiger partial charge on any atom is 0.308 e. The third-order valence-corrected chi connectivity index (χ3v) is 3.14. The Morgan fingerprint density at radius 2 is 2.00 bits per heavy atom. The number of carbonyl (C=O) groups is 2. The largest absolute Gasteiger partial charge is 0.481 e. The molecule has 6 heteroatoms. The van der Waals surface area contributed by atoms with Crippen molar-refractivity contribution in [3.63, 3.8) is 0 Å². The lowest BCUT2D eigenvalue weighted by atomic mass is 10.1. The highest BCUT2D eigenvalue weighted by molar-refractivity contribution is 5.95. The van der Waals surface area contributed by atoms with Crippen molar-refractivity contribution < 1.29 is 14.7 Å². The van der Waals surface area contributed by atoms with Gasteiger partial charge in [-0.25, -0.2) is 0 Å². The van der Waals surface area contributed by atoms with Crippen molar-refractivity contribution in [1.82, 2.24) is 15.1 Å². The van der Waals surface area contributed by atoms with Crippen LogP contribution in [-0.2, 0) is 11.2 Å². The predicted octanol–water partition coefficient (Wildman–Crippen LogP) is 1.53. The van der Waals surface area contributed by atoms with Crippen LogP contribution in [0.2, 0.25) is 0 Å². The number of carboxylic acid groups (broad SMARTS) is 1. The molecule has 0 aliphatic heterocycles. The molecule has 0 saturated carbocycles. The number of carbonyl (C=O) groups excluding carboxylic acids is 1. The lowest BCUT2D eigenvalue weighted by molar-refractivity contribution is -0.141. The van der Waals surface area contributed by atoms with Gasteiger partial charge in [0.1, 0.15) is 0 Å². The summed E-state index contributed by atoms with van der Waals surface area (Å²) >= 11 is 0. The first-order valence-electron chi connectivity index (χ1n) is 6.75. The average Bonchev–Trinajstić information content (AvgIpc) is 2.43. The number of amides is 1. The Kier molecular flexibility index (Phi) is 5.61. The van der Waals surface area contributed by atoms with Crippen molar-refractivity contribution in [2.45, 2.75) is 34.1 Å². The number of carboxylic acids is 1. The van der Waals surface area contributed by atoms with Crippen LogP contribution < -0.4 is 0 Å². The van der Waals surface area contributed by atoms with Gasteiger partial charge in [0.25, 0.3) is 5.91 Å². The second-order valence-corrected chi connectivity index (χ2v) is 4.78. The minimum Gasteiger partial charge on any atom is -0.481 e. The fourth-order valence-corrected chi connectivity index (χ4v) is 1.90. The zero-order chi connectivity index (χ0) is 15.3. The van der Waals surface area contributed by atoms with Crippen molar-refractivity contribution in [3.8, 4) is 0 Å². The van der Waals surface area contributed by atoms with Crippen LogP contribution in [0, 0.1) is 12.8 Å². The summed E-state index contributed by atoms with van der Waals surface area (Å²) in [5, 5.41) is 17.0. The summed E-state index contributed by atoms with van der Waals surface area (Å²) in [5.74, 6) is -1.69. The number of aliphatic carboxylic acids is 1. The van der Waals surface area contributed by atoms with Gasteiger partial charge in [-0.1, -0.05) is 13.8 Å². The summed E-state index contributed by atoms with van der Waals surface area (Å²) in [6.07, 6.45) is 0.611. The summed E-state index contributed by atoms with van der Waals surface area (Å²) in [5.41, 5.74) is 1.83. The molecule has 20 heavy (non-hydrogen) atoms. The Morgan fingerprint density at radius 1 is 1.35 bits per heavy atom. The van der Waals surface area contributed by atoms with Crippen molar-refractivity contribution >= 4 is 11.9 Å². The molecule has 1 amide bonds. The van der Waals surface area contributed by atoms with E-state index in [1.807, 2.05) is 13.8 Å². The molecule has 0 aliphatic rings. The van der Waals surface area contributed by atoms with E-state index in [4.69, 9.17) is 5.11 Å². The zero-order valence-corrected chi connectivity index (χ0v) is 12.4. The van der Waals surface area contributed by atoms with Gasteiger partial charge in [-0.2, -0.15) is 10.2 Å². The zero-order valence-electron chi connectivity index (χ0n) is 12.4. The predicted molar refractivity (Wildman–Crippen MR) is 74.5 cm³/mol. The second kappa shape index (κ2) is 6.98. The number of nitrogens with zero attached hydrogens (tertiary/aromatic N) is 3. The molecule has 0 spiro atoms. The molecule has 110 valence electrons. The molecule has 6 nitrogen and oxygen atoms in total. The van der Waals surface area contributed by atoms with Gasteiger partial charge >= 0.3 is 5.97 Å². The van der Waals surface area contributed by atoms with E-state index in [1.165, 1.54) is 4.90 Å². The fourth-order valence-electron chi connectivity index (χ4n) is 1.90. The fraction of sp³-hybridized carbons (Fsp3) is 0.571. The Labute approximate surface area is 118 Å². The van der Waals surface area contributed by atoms with E-state index in [0.29, 0.717) is 29.9 Å². The van der Waals surface area contributed by atoms with E-state index < -0.39 is 11.9 Å². The molecule has 1 aromatic rings. The van der Waals surface area contributed by atoms with Gasteiger partial charge in [0.2, 0.25) is 0 Å². The van der Waals surface area contributed by atoms with E-state index in [2.05, 4.69) is 10.2 Å². The second-order valence-electron chi connectivity index (χ2n) is 4.78. The maximum absolute atomic E-state index is 12.5. The van der Waals surface area contributed by atoms with Gasteiger partial charge in [0.05, 0.1) is 22.9 Å².